The van der Waals surface area contributed by atoms with Crippen LogP contribution in [0.1, 0.15) is 31.3 Å². The van der Waals surface area contributed by atoms with Gasteiger partial charge < -0.3 is 20.4 Å². The first-order valence-electron chi connectivity index (χ1n) is 5.92. The summed E-state index contributed by atoms with van der Waals surface area (Å²) in [6.45, 7) is 6.13. The van der Waals surface area contributed by atoms with Crippen molar-refractivity contribution in [2.24, 2.45) is 0 Å². The normalized spacial score (nSPS) is 11.9. The number of nitrogens with two attached hydrogens (primary N) is 1. The highest BCUT2D eigenvalue weighted by atomic mass is 16.5. The Bertz CT molecular complexity index is 440. The minimum absolute atomic E-state index is 0.289. The summed E-state index contributed by atoms with van der Waals surface area (Å²) in [5, 5.41) is 2.58. The second-order valence-corrected chi connectivity index (χ2v) is 3.89. The number of carbonyl (C=O) groups excluding carboxylic acids is 2. The molecule has 0 saturated heterocycles. The molecule has 0 spiro atoms. The molecule has 6 heteroatoms. The third-order valence-electron chi connectivity index (χ3n) is 2.48. The van der Waals surface area contributed by atoms with Gasteiger partial charge in [-0.1, -0.05) is 0 Å². The number of carbonyl (C=O) groups is 2. The number of aromatic nitrogens is 1. The Hall–Kier alpha value is -1.98. The van der Waals surface area contributed by atoms with Crippen molar-refractivity contribution < 1.29 is 14.3 Å². The van der Waals surface area contributed by atoms with Crippen molar-refractivity contribution in [3.8, 4) is 0 Å². The first-order valence-corrected chi connectivity index (χ1v) is 5.92. The van der Waals surface area contributed by atoms with E-state index in [4.69, 9.17) is 10.5 Å². The molecule has 0 saturated carbocycles. The quantitative estimate of drug-likeness (QED) is 0.759. The number of aryl methyl sites for hydroxylation is 1. The van der Waals surface area contributed by atoms with Crippen molar-refractivity contribution in [3.05, 3.63) is 18.0 Å². The molecule has 1 aromatic heterocycles. The molecule has 1 rings (SSSR count). The van der Waals surface area contributed by atoms with Crippen molar-refractivity contribution in [2.75, 3.05) is 12.3 Å². The Labute approximate surface area is 106 Å². The van der Waals surface area contributed by atoms with Gasteiger partial charge in [0.05, 0.1) is 12.3 Å². The Kier molecular flexibility index (Phi) is 4.76. The molecule has 18 heavy (non-hydrogen) atoms. The maximum atomic E-state index is 12.0. The Morgan fingerprint density at radius 3 is 2.72 bits per heavy atom. The summed E-state index contributed by atoms with van der Waals surface area (Å²) in [5.74, 6) is -0.789. The number of anilines is 1. The molecule has 100 valence electrons. The molecular formula is C12H19N3O3. The Morgan fingerprint density at radius 2 is 2.17 bits per heavy atom. The van der Waals surface area contributed by atoms with Gasteiger partial charge in [-0.25, -0.2) is 4.79 Å². The SMILES string of the molecule is CCOC(=O)C(C)NC(=O)c1cc(N)cn1CC. The van der Waals surface area contributed by atoms with Crippen LogP contribution in [0.15, 0.2) is 12.3 Å². The van der Waals surface area contributed by atoms with E-state index < -0.39 is 12.0 Å². The fraction of sp³-hybridized carbons (Fsp3) is 0.500. The Balaban J connectivity index is 2.73. The van der Waals surface area contributed by atoms with Crippen LogP contribution >= 0.6 is 0 Å². The zero-order valence-corrected chi connectivity index (χ0v) is 10.9. The number of hydrogen-bond donors (Lipinski definition) is 2. The second kappa shape index (κ2) is 6.09. The van der Waals surface area contributed by atoms with Crippen molar-refractivity contribution in [3.63, 3.8) is 0 Å². The first-order chi connectivity index (χ1) is 8.49. The lowest BCUT2D eigenvalue weighted by atomic mass is 10.3. The molecule has 1 aromatic rings. The van der Waals surface area contributed by atoms with E-state index in [0.717, 1.165) is 0 Å². The smallest absolute Gasteiger partial charge is 0.328 e. The van der Waals surface area contributed by atoms with E-state index in [1.165, 1.54) is 0 Å². The van der Waals surface area contributed by atoms with Crippen molar-refractivity contribution in [2.45, 2.75) is 33.4 Å². The van der Waals surface area contributed by atoms with Crippen LogP contribution in [0.3, 0.4) is 0 Å². The molecule has 0 aromatic carbocycles. The van der Waals surface area contributed by atoms with Gasteiger partial charge in [0.2, 0.25) is 0 Å². The fourth-order valence-corrected chi connectivity index (χ4v) is 1.58. The molecule has 6 nitrogen and oxygen atoms in total. The number of amides is 1. The average Bonchev–Trinajstić information content (AvgIpc) is 2.70. The molecule has 1 atom stereocenters. The summed E-state index contributed by atoms with van der Waals surface area (Å²) in [4.78, 5) is 23.4. The van der Waals surface area contributed by atoms with Crippen molar-refractivity contribution in [1.82, 2.24) is 9.88 Å². The number of nitrogen functional groups attached to an aromatic ring is 1. The molecular weight excluding hydrogens is 234 g/mol. The number of nitrogens with zero attached hydrogens (tertiary/aromatic N) is 1. The summed E-state index contributed by atoms with van der Waals surface area (Å²) in [5.41, 5.74) is 6.59. The summed E-state index contributed by atoms with van der Waals surface area (Å²) >= 11 is 0. The lowest BCUT2D eigenvalue weighted by Gasteiger charge is -2.13. The van der Waals surface area contributed by atoms with Crippen LogP contribution in [0.2, 0.25) is 0 Å². The number of esters is 1. The molecule has 0 aliphatic rings. The number of rotatable bonds is 5. The van der Waals surface area contributed by atoms with E-state index in [2.05, 4.69) is 5.32 Å². The maximum Gasteiger partial charge on any atom is 0.328 e. The van der Waals surface area contributed by atoms with Gasteiger partial charge in [0.1, 0.15) is 11.7 Å². The molecule has 1 amide bonds. The van der Waals surface area contributed by atoms with Gasteiger partial charge in [-0.2, -0.15) is 0 Å². The molecule has 0 aliphatic heterocycles. The maximum absolute atomic E-state index is 12.0. The molecule has 3 N–H and O–H groups in total. The summed E-state index contributed by atoms with van der Waals surface area (Å²) in [7, 11) is 0. The van der Waals surface area contributed by atoms with Gasteiger partial charge in [-0.3, -0.25) is 4.79 Å². The largest absolute Gasteiger partial charge is 0.464 e. The molecule has 0 aliphatic carbocycles. The van der Waals surface area contributed by atoms with Crippen molar-refractivity contribution in [1.29, 1.82) is 0 Å². The topological polar surface area (TPSA) is 86.3 Å². The predicted octanol–water partition coefficient (Wildman–Crippen LogP) is 0.772. The number of hydrogen-bond acceptors (Lipinski definition) is 4. The molecule has 1 heterocycles. The van der Waals surface area contributed by atoms with Crippen LogP contribution in [0.25, 0.3) is 0 Å². The van der Waals surface area contributed by atoms with Crippen LogP contribution in [-0.4, -0.2) is 29.1 Å². The highest BCUT2D eigenvalue weighted by Crippen LogP contribution is 2.10. The van der Waals surface area contributed by atoms with Gasteiger partial charge in [0.15, 0.2) is 0 Å². The van der Waals surface area contributed by atoms with E-state index in [9.17, 15) is 9.59 Å². The van der Waals surface area contributed by atoms with Crippen molar-refractivity contribution >= 4 is 17.6 Å². The van der Waals surface area contributed by atoms with Gasteiger partial charge in [0, 0.05) is 12.7 Å². The summed E-state index contributed by atoms with van der Waals surface area (Å²) < 4.78 is 6.54. The number of ether oxygens (including phenoxy) is 1. The molecule has 1 unspecified atom stereocenters. The van der Waals surface area contributed by atoms with Crippen LogP contribution in [0.4, 0.5) is 5.69 Å². The average molecular weight is 253 g/mol. The highest BCUT2D eigenvalue weighted by molar-refractivity contribution is 5.96. The fourth-order valence-electron chi connectivity index (χ4n) is 1.58. The van der Waals surface area contributed by atoms with Gasteiger partial charge >= 0.3 is 5.97 Å². The van der Waals surface area contributed by atoms with Gasteiger partial charge in [0.25, 0.3) is 5.91 Å². The third-order valence-corrected chi connectivity index (χ3v) is 2.48. The predicted molar refractivity (Wildman–Crippen MR) is 68.1 cm³/mol. The third kappa shape index (κ3) is 3.26. The van der Waals surface area contributed by atoms with Crippen LogP contribution in [-0.2, 0) is 16.1 Å². The zero-order chi connectivity index (χ0) is 13.7. The van der Waals surface area contributed by atoms with Crippen LogP contribution < -0.4 is 11.1 Å². The van der Waals surface area contributed by atoms with Crippen LogP contribution in [0, 0.1) is 0 Å². The number of nitrogens with one attached hydrogen (secondary N) is 1. The van der Waals surface area contributed by atoms with Gasteiger partial charge in [-0.05, 0) is 26.8 Å². The van der Waals surface area contributed by atoms with E-state index in [1.54, 1.807) is 30.7 Å². The zero-order valence-electron chi connectivity index (χ0n) is 10.9. The van der Waals surface area contributed by atoms with E-state index in [0.29, 0.717) is 17.9 Å². The van der Waals surface area contributed by atoms with E-state index in [1.807, 2.05) is 6.92 Å². The minimum Gasteiger partial charge on any atom is -0.464 e. The van der Waals surface area contributed by atoms with Gasteiger partial charge in [-0.15, -0.1) is 0 Å². The monoisotopic (exact) mass is 253 g/mol. The molecule has 0 fully saturated rings. The molecule has 0 radical (unpaired) electrons. The lowest BCUT2D eigenvalue weighted by molar-refractivity contribution is -0.144. The lowest BCUT2D eigenvalue weighted by Crippen LogP contribution is -2.40. The van der Waals surface area contributed by atoms with E-state index >= 15 is 0 Å². The second-order valence-electron chi connectivity index (χ2n) is 3.89. The highest BCUT2D eigenvalue weighted by Gasteiger charge is 2.19. The Morgan fingerprint density at radius 1 is 1.50 bits per heavy atom. The van der Waals surface area contributed by atoms with E-state index in [-0.39, 0.29) is 12.5 Å². The van der Waals surface area contributed by atoms with Crippen LogP contribution in [0.5, 0.6) is 0 Å². The first kappa shape index (κ1) is 14.1. The molecule has 0 bridgehead atoms. The standard InChI is InChI=1S/C12H19N3O3/c1-4-15-7-9(13)6-10(15)11(16)14-8(3)12(17)18-5-2/h6-8H,4-5,13H2,1-3H3,(H,14,16). The minimum atomic E-state index is -0.682. The summed E-state index contributed by atoms with van der Waals surface area (Å²) in [6, 6.07) is 0.898. The summed E-state index contributed by atoms with van der Waals surface area (Å²) in [6.07, 6.45) is 1.68.